The van der Waals surface area contributed by atoms with Crippen molar-refractivity contribution in [1.29, 1.82) is 0 Å². The first-order valence-corrected chi connectivity index (χ1v) is 15.0. The predicted octanol–water partition coefficient (Wildman–Crippen LogP) is -8.50. The van der Waals surface area contributed by atoms with Gasteiger partial charge in [-0.15, -0.1) is 5.11 Å². The molecule has 0 aliphatic rings. The van der Waals surface area contributed by atoms with Gasteiger partial charge in [-0.05, 0) is 42.5 Å². The molecule has 0 atom stereocenters. The second kappa shape index (κ2) is 23.3. The van der Waals surface area contributed by atoms with Gasteiger partial charge in [-0.3, -0.25) is 14.3 Å². The van der Waals surface area contributed by atoms with Gasteiger partial charge in [0, 0.05) is 54.4 Å². The Kier molecular flexibility index (Phi) is 25.0. The molecule has 23 heteroatoms. The molecule has 0 unspecified atom stereocenters. The Labute approximate surface area is 311 Å². The zero-order valence-electron chi connectivity index (χ0n) is 22.2. The first-order valence-electron chi connectivity index (χ1n) is 10.2. The van der Waals surface area contributed by atoms with Crippen molar-refractivity contribution in [3.63, 3.8) is 0 Å². The molecule has 0 fully saturated rings. The van der Waals surface area contributed by atoms with Crippen molar-refractivity contribution in [2.45, 2.75) is 4.90 Å². The number of hydrogen-bond donors (Lipinski definition) is 1. The van der Waals surface area contributed by atoms with E-state index in [1.165, 1.54) is 24.3 Å². The van der Waals surface area contributed by atoms with Gasteiger partial charge in [0.05, 0.1) is 28.6 Å². The van der Waals surface area contributed by atoms with E-state index < -0.39 is 32.6 Å². The van der Waals surface area contributed by atoms with Gasteiger partial charge < -0.3 is 25.7 Å². The molecule has 0 radical (unpaired) electrons. The normalized spacial score (nSPS) is 11.4. The summed E-state index contributed by atoms with van der Waals surface area (Å²) >= 11 is 1.61. The van der Waals surface area contributed by atoms with E-state index >= 15 is 0 Å². The van der Waals surface area contributed by atoms with Gasteiger partial charge >= 0.3 is 88.7 Å². The first kappa shape index (κ1) is 44.0. The van der Waals surface area contributed by atoms with Crippen LogP contribution in [-0.4, -0.2) is 58.3 Å². The fourth-order valence-corrected chi connectivity index (χ4v) is 5.08. The molecule has 0 heterocycles. The number of nitrogens with zero attached hydrogens (tertiary/aromatic N) is 3. The van der Waals surface area contributed by atoms with Gasteiger partial charge in [0.1, 0.15) is 5.69 Å². The second-order valence-electron chi connectivity index (χ2n) is 6.89. The Hall–Kier alpha value is 0.920. The zero-order valence-corrected chi connectivity index (χ0v) is 31.5. The fourth-order valence-electron chi connectivity index (χ4n) is 2.80. The number of anilines is 2. The third-order valence-electron chi connectivity index (χ3n) is 4.47. The average Bonchev–Trinajstić information content (AvgIpc) is 2.86. The molecule has 0 aromatic heterocycles. The number of nitrogen functional groups attached to an aromatic ring is 1. The van der Waals surface area contributed by atoms with Gasteiger partial charge in [0.2, 0.25) is 10.4 Å². The number of benzene rings is 2. The monoisotopic (exact) mass is 682 g/mol. The van der Waals surface area contributed by atoms with Crippen LogP contribution >= 0.6 is 24.1 Å². The summed E-state index contributed by atoms with van der Waals surface area (Å²) in [6.07, 6.45) is 0. The average molecular weight is 683 g/mol. The van der Waals surface area contributed by atoms with Crippen molar-refractivity contribution >= 4 is 67.1 Å². The summed E-state index contributed by atoms with van der Waals surface area (Å²) in [4.78, 5) is 1.75. The van der Waals surface area contributed by atoms with Crippen LogP contribution in [0, 0.1) is 0 Å². The van der Waals surface area contributed by atoms with Crippen LogP contribution in [0.1, 0.15) is 0 Å². The standard InChI is InChI=1S/C18H24N4O12S4.3Na/c19-17-13-15(22(7-10-35-33-31-23)8-11-36-34-32-24)3-6-18(17)21-20-14-1-4-16(5-2-14)37(25,26)12-9-30-38(27,28)29;;;/h1-6,13,23-24H,7-12,19H2,(H,27,28,29);;;/q;3*+1/p-3. The molecule has 2 N–H and O–H groups in total. The van der Waals surface area contributed by atoms with Crippen molar-refractivity contribution in [3.05, 3.63) is 42.5 Å². The van der Waals surface area contributed by atoms with Crippen molar-refractivity contribution in [2.24, 2.45) is 10.2 Å². The fraction of sp³-hybridized carbons (Fsp3) is 0.333. The maximum absolute atomic E-state index is 12.2. The number of nitrogens with two attached hydrogens (primary N) is 1. The van der Waals surface area contributed by atoms with Crippen LogP contribution in [-0.2, 0) is 43.2 Å². The van der Waals surface area contributed by atoms with Gasteiger partial charge in [-0.2, -0.15) is 13.8 Å². The molecule has 2 rings (SSSR count). The molecule has 0 spiro atoms. The van der Waals surface area contributed by atoms with E-state index in [9.17, 15) is 31.9 Å². The van der Waals surface area contributed by atoms with Crippen LogP contribution in [0.3, 0.4) is 0 Å². The van der Waals surface area contributed by atoms with Crippen molar-refractivity contribution < 1.29 is 144 Å². The molecule has 0 saturated carbocycles. The first-order chi connectivity index (χ1) is 18.1. The Morgan fingerprint density at radius 2 is 1.41 bits per heavy atom. The summed E-state index contributed by atoms with van der Waals surface area (Å²) in [5, 5.41) is 34.6. The van der Waals surface area contributed by atoms with Crippen LogP contribution in [0.5, 0.6) is 0 Å². The van der Waals surface area contributed by atoms with E-state index in [0.29, 0.717) is 41.7 Å². The Balaban J connectivity index is 0. The summed E-state index contributed by atoms with van der Waals surface area (Å²) in [6, 6.07) is 10.2. The van der Waals surface area contributed by atoms with Crippen LogP contribution < -0.4 is 110 Å². The molecule has 41 heavy (non-hydrogen) atoms. The predicted molar refractivity (Wildman–Crippen MR) is 131 cm³/mol. The third kappa shape index (κ3) is 17.9. The van der Waals surface area contributed by atoms with Crippen LogP contribution in [0.25, 0.3) is 0 Å². The molecule has 2 aromatic rings. The zero-order chi connectivity index (χ0) is 28.0. The topological polar surface area (TPSA) is 238 Å². The summed E-state index contributed by atoms with van der Waals surface area (Å²) < 4.78 is 68.2. The van der Waals surface area contributed by atoms with E-state index in [0.717, 1.165) is 24.1 Å². The maximum atomic E-state index is 12.2. The smallest absolute Gasteiger partial charge is 0.726 e. The van der Waals surface area contributed by atoms with E-state index in [1.54, 1.807) is 18.2 Å². The van der Waals surface area contributed by atoms with Gasteiger partial charge in [-0.1, -0.05) is 0 Å². The molecule has 0 bridgehead atoms. The minimum Gasteiger partial charge on any atom is -0.726 e. The molecule has 0 aliphatic carbocycles. The minimum absolute atomic E-state index is 0. The Bertz CT molecular complexity index is 1250. The molecular weight excluding hydrogens is 661 g/mol. The number of azo groups is 1. The quantitative estimate of drug-likeness (QED) is 0.0177. The summed E-state index contributed by atoms with van der Waals surface area (Å²) in [5.41, 5.74) is 7.72. The molecule has 2 aromatic carbocycles. The maximum Gasteiger partial charge on any atom is 1.00 e. The SMILES string of the molecule is Nc1cc(N(CCSOO[O-])CCSOO[O-])ccc1N=Nc1ccc(S(=O)(=O)CCOS(=O)(=O)[O-])cc1.[Na+].[Na+].[Na+]. The molecule has 212 valence electrons. The van der Waals surface area contributed by atoms with E-state index in [-0.39, 0.29) is 99.3 Å². The molecular formula is C18H21N4Na3O12S4. The van der Waals surface area contributed by atoms with Crippen molar-refractivity contribution in [3.8, 4) is 0 Å². The van der Waals surface area contributed by atoms with Gasteiger partial charge in [-0.25, -0.2) is 16.8 Å². The number of sulfone groups is 1. The van der Waals surface area contributed by atoms with Crippen LogP contribution in [0.4, 0.5) is 22.7 Å². The Morgan fingerprint density at radius 3 is 1.90 bits per heavy atom. The van der Waals surface area contributed by atoms with E-state index in [4.69, 9.17) is 5.73 Å². The molecule has 0 amide bonds. The number of hydrogen-bond acceptors (Lipinski definition) is 18. The van der Waals surface area contributed by atoms with Crippen molar-refractivity contribution in [1.82, 2.24) is 0 Å². The number of rotatable bonds is 18. The largest absolute Gasteiger partial charge is 1.00 e. The minimum atomic E-state index is -4.99. The van der Waals surface area contributed by atoms with Crippen molar-refractivity contribution in [2.75, 3.05) is 47.6 Å². The van der Waals surface area contributed by atoms with Gasteiger partial charge in [0.25, 0.3) is 0 Å². The molecule has 0 saturated heterocycles. The van der Waals surface area contributed by atoms with E-state index in [1.807, 2.05) is 4.90 Å². The summed E-state index contributed by atoms with van der Waals surface area (Å²) in [7, 11) is -8.89. The van der Waals surface area contributed by atoms with Gasteiger partial charge in [0.15, 0.2) is 9.84 Å². The van der Waals surface area contributed by atoms with E-state index in [2.05, 4.69) is 33.2 Å². The Morgan fingerprint density at radius 1 is 0.854 bits per heavy atom. The third-order valence-corrected chi connectivity index (χ3v) is 7.62. The second-order valence-corrected chi connectivity index (χ2v) is 11.6. The summed E-state index contributed by atoms with van der Waals surface area (Å²) in [5.74, 6) is 0.0266. The molecule has 0 aliphatic heterocycles. The van der Waals surface area contributed by atoms with Crippen LogP contribution in [0.15, 0.2) is 57.6 Å². The molecule has 16 nitrogen and oxygen atoms in total. The van der Waals surface area contributed by atoms with Crippen LogP contribution in [0.2, 0.25) is 0 Å². The summed E-state index contributed by atoms with van der Waals surface area (Å²) in [6.45, 7) is 0.0348.